The molecular weight excluding hydrogens is 426 g/mol. The first kappa shape index (κ1) is 21.9. The van der Waals surface area contributed by atoms with Crippen LogP contribution in [0, 0.1) is 10.1 Å². The molecule has 1 N–H and O–H groups in total. The van der Waals surface area contributed by atoms with E-state index in [1.165, 1.54) is 6.33 Å². The van der Waals surface area contributed by atoms with Gasteiger partial charge in [-0.2, -0.15) is 0 Å². The van der Waals surface area contributed by atoms with E-state index < -0.39 is 10.9 Å². The molecule has 0 spiro atoms. The predicted octanol–water partition coefficient (Wildman–Crippen LogP) is 3.03. The summed E-state index contributed by atoms with van der Waals surface area (Å²) in [4.78, 5) is 40.0. The molecule has 1 saturated heterocycles. The van der Waals surface area contributed by atoms with E-state index in [-0.39, 0.29) is 23.9 Å². The average Bonchev–Trinajstić information content (AvgIpc) is 2.85. The van der Waals surface area contributed by atoms with Gasteiger partial charge < -0.3 is 19.9 Å². The lowest BCUT2D eigenvalue weighted by Crippen LogP contribution is -2.47. The van der Waals surface area contributed by atoms with Crippen molar-refractivity contribution < 1.29 is 14.5 Å². The minimum atomic E-state index is -0.476. The van der Waals surface area contributed by atoms with Crippen LogP contribution in [0.4, 0.5) is 28.8 Å². The van der Waals surface area contributed by atoms with Crippen LogP contribution in [0.1, 0.15) is 17.3 Å². The number of aromatic nitrogens is 3. The lowest BCUT2D eigenvalue weighted by molar-refractivity contribution is -0.383. The van der Waals surface area contributed by atoms with Crippen LogP contribution in [-0.4, -0.2) is 58.6 Å². The summed E-state index contributed by atoms with van der Waals surface area (Å²) in [7, 11) is 0. The van der Waals surface area contributed by atoms with Gasteiger partial charge in [-0.05, 0) is 43.3 Å². The highest BCUT2D eigenvalue weighted by molar-refractivity contribution is 5.90. The fourth-order valence-corrected chi connectivity index (χ4v) is 3.59. The molecule has 0 unspecified atom stereocenters. The monoisotopic (exact) mass is 449 g/mol. The summed E-state index contributed by atoms with van der Waals surface area (Å²) in [6.45, 7) is 4.46. The predicted molar refractivity (Wildman–Crippen MR) is 123 cm³/mol. The quantitative estimate of drug-likeness (QED) is 0.327. The maximum atomic E-state index is 12.0. The van der Waals surface area contributed by atoms with Gasteiger partial charge in [0.1, 0.15) is 12.1 Å². The van der Waals surface area contributed by atoms with Crippen molar-refractivity contribution >= 4 is 34.8 Å². The lowest BCUT2D eigenvalue weighted by Gasteiger charge is -2.35. The summed E-state index contributed by atoms with van der Waals surface area (Å²) < 4.78 is 4.97. The zero-order valence-corrected chi connectivity index (χ0v) is 18.0. The van der Waals surface area contributed by atoms with E-state index in [1.807, 2.05) is 23.1 Å². The number of piperazine rings is 1. The minimum absolute atomic E-state index is 0.0843. The van der Waals surface area contributed by atoms with Gasteiger partial charge in [-0.15, -0.1) is 0 Å². The molecule has 0 bridgehead atoms. The van der Waals surface area contributed by atoms with Crippen molar-refractivity contribution in [3.8, 4) is 0 Å². The van der Waals surface area contributed by atoms with E-state index in [0.717, 1.165) is 5.82 Å². The van der Waals surface area contributed by atoms with Crippen molar-refractivity contribution in [2.75, 3.05) is 47.9 Å². The van der Waals surface area contributed by atoms with E-state index in [2.05, 4.69) is 25.2 Å². The van der Waals surface area contributed by atoms with Gasteiger partial charge in [-0.25, -0.2) is 19.7 Å². The fraction of sp³-hybridized carbons (Fsp3) is 0.273. The molecule has 0 atom stereocenters. The fourth-order valence-electron chi connectivity index (χ4n) is 3.59. The van der Waals surface area contributed by atoms with Gasteiger partial charge in [0.25, 0.3) is 0 Å². The number of hydrogen-bond acceptors (Lipinski definition) is 10. The molecule has 3 aromatic rings. The Morgan fingerprint density at radius 2 is 1.79 bits per heavy atom. The van der Waals surface area contributed by atoms with Gasteiger partial charge in [-0.1, -0.05) is 6.07 Å². The van der Waals surface area contributed by atoms with E-state index >= 15 is 0 Å². The number of rotatable bonds is 7. The summed E-state index contributed by atoms with van der Waals surface area (Å²) in [5, 5.41) is 14.9. The number of nitro groups is 1. The zero-order chi connectivity index (χ0) is 23.2. The molecule has 1 aliphatic rings. The Labute approximate surface area is 190 Å². The summed E-state index contributed by atoms with van der Waals surface area (Å²) in [5.74, 6) is 0.800. The second kappa shape index (κ2) is 9.90. The zero-order valence-electron chi connectivity index (χ0n) is 18.0. The highest BCUT2D eigenvalue weighted by Gasteiger charge is 2.29. The number of anilines is 4. The van der Waals surface area contributed by atoms with Crippen LogP contribution in [0.3, 0.4) is 0 Å². The van der Waals surface area contributed by atoms with Crippen molar-refractivity contribution in [1.29, 1.82) is 0 Å². The molecule has 11 heteroatoms. The van der Waals surface area contributed by atoms with Gasteiger partial charge in [0.05, 0.1) is 17.1 Å². The highest BCUT2D eigenvalue weighted by Crippen LogP contribution is 2.34. The molecule has 3 heterocycles. The molecule has 0 amide bonds. The summed E-state index contributed by atoms with van der Waals surface area (Å²) in [5.41, 5.74) is 0.750. The Hall–Kier alpha value is -4.28. The van der Waals surface area contributed by atoms with E-state index in [4.69, 9.17) is 4.74 Å². The maximum Gasteiger partial charge on any atom is 0.353 e. The third-order valence-corrected chi connectivity index (χ3v) is 5.20. The molecule has 1 aliphatic heterocycles. The van der Waals surface area contributed by atoms with Crippen molar-refractivity contribution in [2.45, 2.75) is 6.92 Å². The Bertz CT molecular complexity index is 1120. The number of hydrogen-bond donors (Lipinski definition) is 1. The topological polar surface area (TPSA) is 127 Å². The summed E-state index contributed by atoms with van der Waals surface area (Å²) >= 11 is 0. The van der Waals surface area contributed by atoms with Crippen LogP contribution in [0.15, 0.2) is 55.0 Å². The number of esters is 1. The first-order valence-electron chi connectivity index (χ1n) is 10.5. The van der Waals surface area contributed by atoms with Crippen LogP contribution in [-0.2, 0) is 4.74 Å². The van der Waals surface area contributed by atoms with Crippen LogP contribution >= 0.6 is 0 Å². The van der Waals surface area contributed by atoms with Gasteiger partial charge in [-0.3, -0.25) is 10.1 Å². The molecular formula is C22H23N7O4. The number of ether oxygens (including phenoxy) is 1. The average molecular weight is 449 g/mol. The lowest BCUT2D eigenvalue weighted by atomic mass is 10.2. The molecule has 33 heavy (non-hydrogen) atoms. The maximum absolute atomic E-state index is 12.0. The molecule has 1 aromatic carbocycles. The second-order valence-corrected chi connectivity index (χ2v) is 7.24. The second-order valence-electron chi connectivity index (χ2n) is 7.24. The van der Waals surface area contributed by atoms with Gasteiger partial charge in [0.2, 0.25) is 11.6 Å². The van der Waals surface area contributed by atoms with Gasteiger partial charge in [0, 0.05) is 38.1 Å². The van der Waals surface area contributed by atoms with E-state index in [0.29, 0.717) is 37.4 Å². The van der Waals surface area contributed by atoms with Crippen molar-refractivity contribution in [3.05, 3.63) is 70.7 Å². The van der Waals surface area contributed by atoms with Crippen LogP contribution in [0.2, 0.25) is 0 Å². The molecule has 0 radical (unpaired) electrons. The van der Waals surface area contributed by atoms with Crippen LogP contribution in [0.5, 0.6) is 0 Å². The Kier molecular flexibility index (Phi) is 6.58. The highest BCUT2D eigenvalue weighted by atomic mass is 16.6. The standard InChI is InChI=1S/C22H23N7O4/c1-2-33-22(30)16-6-8-17(9-7-16)26-20-19(29(31)32)21(25-15-24-20)28-13-11-27(12-14-28)18-5-3-4-10-23-18/h3-10,15H,2,11-14H2,1H3,(H,24,25,26). The number of benzene rings is 1. The third kappa shape index (κ3) is 4.97. The first-order valence-corrected chi connectivity index (χ1v) is 10.5. The number of nitrogens with zero attached hydrogens (tertiary/aromatic N) is 6. The van der Waals surface area contributed by atoms with E-state index in [1.54, 1.807) is 37.4 Å². The molecule has 4 rings (SSSR count). The van der Waals surface area contributed by atoms with Crippen molar-refractivity contribution in [2.24, 2.45) is 0 Å². The Balaban J connectivity index is 1.52. The summed E-state index contributed by atoms with van der Waals surface area (Å²) in [6, 6.07) is 12.2. The van der Waals surface area contributed by atoms with Crippen LogP contribution < -0.4 is 15.1 Å². The normalized spacial score (nSPS) is 13.5. The Morgan fingerprint density at radius 3 is 2.42 bits per heavy atom. The minimum Gasteiger partial charge on any atom is -0.462 e. The number of nitrogens with one attached hydrogen (secondary N) is 1. The van der Waals surface area contributed by atoms with Crippen LogP contribution in [0.25, 0.3) is 0 Å². The largest absolute Gasteiger partial charge is 0.462 e. The molecule has 170 valence electrons. The van der Waals surface area contributed by atoms with Gasteiger partial charge in [0.15, 0.2) is 0 Å². The smallest absolute Gasteiger partial charge is 0.353 e. The molecule has 0 aliphatic carbocycles. The Morgan fingerprint density at radius 1 is 1.06 bits per heavy atom. The number of carbonyl (C=O) groups excluding carboxylic acids is 1. The molecule has 0 saturated carbocycles. The first-order chi connectivity index (χ1) is 16.1. The van der Waals surface area contributed by atoms with Crippen molar-refractivity contribution in [3.63, 3.8) is 0 Å². The van der Waals surface area contributed by atoms with Gasteiger partial charge >= 0.3 is 11.7 Å². The molecule has 11 nitrogen and oxygen atoms in total. The molecule has 1 fully saturated rings. The van der Waals surface area contributed by atoms with Crippen molar-refractivity contribution in [1.82, 2.24) is 15.0 Å². The molecule has 2 aromatic heterocycles. The summed E-state index contributed by atoms with van der Waals surface area (Å²) in [6.07, 6.45) is 3.05. The third-order valence-electron chi connectivity index (χ3n) is 5.20. The van der Waals surface area contributed by atoms with E-state index in [9.17, 15) is 14.9 Å². The SMILES string of the molecule is CCOC(=O)c1ccc(Nc2ncnc(N3CCN(c4ccccn4)CC3)c2[N+](=O)[O-])cc1. The number of carbonyl (C=O) groups is 1. The number of pyridine rings is 1.